The van der Waals surface area contributed by atoms with E-state index in [1.165, 1.54) is 0 Å². The third-order valence-corrected chi connectivity index (χ3v) is 6.68. The van der Waals surface area contributed by atoms with Crippen LogP contribution >= 0.6 is 0 Å². The summed E-state index contributed by atoms with van der Waals surface area (Å²) in [6.45, 7) is 8.32. The zero-order chi connectivity index (χ0) is 22.2. The maximum atomic E-state index is 12.3. The fourth-order valence-corrected chi connectivity index (χ4v) is 4.40. The fraction of sp³-hybridized carbons (Fsp3) is 0.292. The molecule has 31 heavy (non-hydrogen) atoms. The first kappa shape index (κ1) is 21.3. The van der Waals surface area contributed by atoms with Gasteiger partial charge in [-0.25, -0.2) is 9.97 Å². The molecule has 0 aliphatic heterocycles. The molecule has 160 valence electrons. The highest BCUT2D eigenvalue weighted by Gasteiger charge is 2.18. The molecule has 0 saturated heterocycles. The van der Waals surface area contributed by atoms with Gasteiger partial charge in [0, 0.05) is 64.0 Å². The second-order valence-electron chi connectivity index (χ2n) is 7.93. The lowest BCUT2D eigenvalue weighted by molar-refractivity contribution is 0.0785. The van der Waals surface area contributed by atoms with Crippen molar-refractivity contribution < 1.29 is 9.32 Å². The van der Waals surface area contributed by atoms with E-state index in [9.17, 15) is 9.32 Å². The van der Waals surface area contributed by atoms with E-state index >= 15 is 0 Å². The molecule has 0 aliphatic rings. The van der Waals surface area contributed by atoms with E-state index in [1.54, 1.807) is 38.5 Å². The van der Waals surface area contributed by atoms with Gasteiger partial charge in [-0.05, 0) is 56.7 Å². The van der Waals surface area contributed by atoms with E-state index in [0.717, 1.165) is 39.0 Å². The molecule has 1 unspecified atom stereocenters. The summed E-state index contributed by atoms with van der Waals surface area (Å²) in [4.78, 5) is 14.4. The Bertz CT molecular complexity index is 1260. The van der Waals surface area contributed by atoms with Crippen LogP contribution in [0.15, 0.2) is 60.0 Å². The first-order valence-corrected chi connectivity index (χ1v) is 11.7. The summed E-state index contributed by atoms with van der Waals surface area (Å²) in [6.07, 6.45) is 7.23. The Morgan fingerprint density at radius 1 is 1.06 bits per heavy atom. The molecule has 0 saturated carbocycles. The Morgan fingerprint density at radius 2 is 1.81 bits per heavy atom. The Kier molecular flexibility index (Phi) is 5.73. The van der Waals surface area contributed by atoms with Crippen molar-refractivity contribution in [2.45, 2.75) is 44.7 Å². The molecule has 3 aromatic heterocycles. The van der Waals surface area contributed by atoms with Crippen molar-refractivity contribution in [2.24, 2.45) is 0 Å². The van der Waals surface area contributed by atoms with E-state index in [-0.39, 0.29) is 0 Å². The van der Waals surface area contributed by atoms with Gasteiger partial charge < -0.3 is 9.67 Å². The minimum atomic E-state index is -1.02. The lowest BCUT2D eigenvalue weighted by Crippen LogP contribution is -2.15. The number of nitrogens with zero attached hydrogens (tertiary/aromatic N) is 4. The van der Waals surface area contributed by atoms with Crippen LogP contribution in [0.1, 0.15) is 33.3 Å². The Labute approximate surface area is 184 Å². The summed E-state index contributed by atoms with van der Waals surface area (Å²) in [5, 5.41) is 11.3. The summed E-state index contributed by atoms with van der Waals surface area (Å²) in [5.74, 6) is 1.19. The van der Waals surface area contributed by atoms with Gasteiger partial charge in [-0.1, -0.05) is 6.92 Å². The van der Waals surface area contributed by atoms with E-state index in [2.05, 4.69) is 26.4 Å². The SMILES string of the molecule is CCn1cc(-c2ncc(-c3cc(C(C)(C)O)ccn3)cn2)c2cc(S(=O)CC)ccc21. The Balaban J connectivity index is 1.76. The van der Waals surface area contributed by atoms with Gasteiger partial charge in [0.2, 0.25) is 0 Å². The first-order valence-electron chi connectivity index (χ1n) is 10.3. The van der Waals surface area contributed by atoms with Crippen molar-refractivity contribution in [1.29, 1.82) is 0 Å². The van der Waals surface area contributed by atoms with Gasteiger partial charge in [0.1, 0.15) is 0 Å². The van der Waals surface area contributed by atoms with Gasteiger partial charge in [-0.15, -0.1) is 0 Å². The molecule has 6 nitrogen and oxygen atoms in total. The molecule has 3 heterocycles. The fourth-order valence-electron chi connectivity index (χ4n) is 3.59. The Hall–Kier alpha value is -2.90. The zero-order valence-corrected chi connectivity index (χ0v) is 19.0. The van der Waals surface area contributed by atoms with Crippen LogP contribution in [0.5, 0.6) is 0 Å². The van der Waals surface area contributed by atoms with Crippen LogP contribution in [0, 0.1) is 0 Å². The van der Waals surface area contributed by atoms with E-state index in [0.29, 0.717) is 17.3 Å². The van der Waals surface area contributed by atoms with Crippen molar-refractivity contribution in [1.82, 2.24) is 19.5 Å². The molecule has 0 spiro atoms. The lowest BCUT2D eigenvalue weighted by atomic mass is 9.98. The number of rotatable bonds is 6. The quantitative estimate of drug-likeness (QED) is 0.482. The highest BCUT2D eigenvalue weighted by molar-refractivity contribution is 7.85. The van der Waals surface area contributed by atoms with Crippen LogP contribution in [0.3, 0.4) is 0 Å². The highest BCUT2D eigenvalue weighted by Crippen LogP contribution is 2.31. The number of aliphatic hydroxyl groups is 1. The average molecular weight is 435 g/mol. The van der Waals surface area contributed by atoms with Gasteiger partial charge in [0.15, 0.2) is 5.82 Å². The summed E-state index contributed by atoms with van der Waals surface area (Å²) < 4.78 is 14.5. The zero-order valence-electron chi connectivity index (χ0n) is 18.2. The number of aromatic nitrogens is 4. The van der Waals surface area contributed by atoms with Crippen molar-refractivity contribution in [3.63, 3.8) is 0 Å². The highest BCUT2D eigenvalue weighted by atomic mass is 32.2. The van der Waals surface area contributed by atoms with Gasteiger partial charge in [0.05, 0.1) is 22.1 Å². The molecule has 0 amide bonds. The first-order chi connectivity index (χ1) is 14.8. The minimum Gasteiger partial charge on any atom is -0.386 e. The van der Waals surface area contributed by atoms with Crippen LogP contribution in [0.25, 0.3) is 33.5 Å². The summed E-state index contributed by atoms with van der Waals surface area (Å²) in [7, 11) is -1.02. The van der Waals surface area contributed by atoms with Crippen LogP contribution in [-0.4, -0.2) is 34.6 Å². The van der Waals surface area contributed by atoms with Gasteiger partial charge >= 0.3 is 0 Å². The maximum Gasteiger partial charge on any atom is 0.161 e. The van der Waals surface area contributed by atoms with Gasteiger partial charge in [0.25, 0.3) is 0 Å². The third kappa shape index (κ3) is 4.16. The van der Waals surface area contributed by atoms with Crippen LogP contribution in [0.4, 0.5) is 0 Å². The maximum absolute atomic E-state index is 12.3. The molecular weight excluding hydrogens is 408 g/mol. The summed E-state index contributed by atoms with van der Waals surface area (Å²) in [6, 6.07) is 9.60. The smallest absolute Gasteiger partial charge is 0.161 e. The topological polar surface area (TPSA) is 80.9 Å². The predicted molar refractivity (Wildman–Crippen MR) is 124 cm³/mol. The van der Waals surface area contributed by atoms with Gasteiger partial charge in [-0.3, -0.25) is 9.19 Å². The second kappa shape index (κ2) is 8.32. The van der Waals surface area contributed by atoms with Crippen LogP contribution < -0.4 is 0 Å². The number of fused-ring (bicyclic) bond motifs is 1. The third-order valence-electron chi connectivity index (χ3n) is 5.37. The monoisotopic (exact) mass is 434 g/mol. The molecule has 0 bridgehead atoms. The average Bonchev–Trinajstić information content (AvgIpc) is 3.16. The predicted octanol–water partition coefficient (Wildman–Crippen LogP) is 4.54. The number of hydrogen-bond acceptors (Lipinski definition) is 5. The summed E-state index contributed by atoms with van der Waals surface area (Å²) in [5.41, 5.74) is 3.31. The lowest BCUT2D eigenvalue weighted by Gasteiger charge is -2.18. The van der Waals surface area contributed by atoms with Crippen LogP contribution in [-0.2, 0) is 22.9 Å². The molecule has 1 aromatic carbocycles. The molecule has 1 N–H and O–H groups in total. The molecule has 0 radical (unpaired) electrons. The molecule has 4 rings (SSSR count). The number of hydrogen-bond donors (Lipinski definition) is 1. The molecule has 1 atom stereocenters. The molecule has 4 aromatic rings. The Morgan fingerprint density at radius 3 is 2.45 bits per heavy atom. The number of aryl methyl sites for hydroxylation is 1. The van der Waals surface area contributed by atoms with E-state index in [1.807, 2.05) is 37.4 Å². The molecule has 7 heteroatoms. The van der Waals surface area contributed by atoms with Crippen molar-refractivity contribution in [3.8, 4) is 22.6 Å². The minimum absolute atomic E-state index is 0.581. The van der Waals surface area contributed by atoms with Crippen LogP contribution in [0.2, 0.25) is 0 Å². The van der Waals surface area contributed by atoms with Crippen molar-refractivity contribution in [3.05, 3.63) is 60.7 Å². The summed E-state index contributed by atoms with van der Waals surface area (Å²) >= 11 is 0. The largest absolute Gasteiger partial charge is 0.386 e. The molecular formula is C24H26N4O2S. The number of benzene rings is 1. The normalized spacial score (nSPS) is 12.9. The molecule has 0 aliphatic carbocycles. The van der Waals surface area contributed by atoms with Gasteiger partial charge in [-0.2, -0.15) is 0 Å². The van der Waals surface area contributed by atoms with E-state index in [4.69, 9.17) is 0 Å². The molecule has 0 fully saturated rings. The van der Waals surface area contributed by atoms with Crippen molar-refractivity contribution >= 4 is 21.7 Å². The standard InChI is InChI=1S/C24H26N4O2S/c1-5-28-15-20(19-12-18(31(30)6-2)7-8-22(19)28)23-26-13-16(14-27-23)21-11-17(9-10-25-21)24(3,4)29/h7-15,29H,5-6H2,1-4H3. The van der Waals surface area contributed by atoms with Crippen molar-refractivity contribution in [2.75, 3.05) is 5.75 Å². The second-order valence-corrected chi connectivity index (χ2v) is 9.67. The number of pyridine rings is 1. The van der Waals surface area contributed by atoms with E-state index < -0.39 is 16.4 Å².